The highest BCUT2D eigenvalue weighted by molar-refractivity contribution is 7.91. The number of sulfone groups is 1. The smallest absolute Gasteiger partial charge is 0.346 e. The van der Waals surface area contributed by atoms with Crippen LogP contribution in [0, 0.1) is 5.92 Å². The van der Waals surface area contributed by atoms with Crippen LogP contribution < -0.4 is 0 Å². The molecule has 1 saturated carbocycles. The fraction of sp³-hybridized carbons (Fsp3) is 0.588. The van der Waals surface area contributed by atoms with Gasteiger partial charge in [0, 0.05) is 17.5 Å². The van der Waals surface area contributed by atoms with Crippen molar-refractivity contribution < 1.29 is 21.6 Å². The minimum Gasteiger partial charge on any atom is -0.346 e. The van der Waals surface area contributed by atoms with Crippen molar-refractivity contribution in [2.24, 2.45) is 5.92 Å². The predicted octanol–water partition coefficient (Wildman–Crippen LogP) is 3.25. The van der Waals surface area contributed by atoms with Gasteiger partial charge in [-0.05, 0) is 37.7 Å². The summed E-state index contributed by atoms with van der Waals surface area (Å²) in [6.45, 7) is 0. The Morgan fingerprint density at radius 3 is 2.68 bits per heavy atom. The van der Waals surface area contributed by atoms with Crippen molar-refractivity contribution in [2.75, 3.05) is 11.5 Å². The van der Waals surface area contributed by atoms with Crippen molar-refractivity contribution in [1.82, 2.24) is 24.8 Å². The van der Waals surface area contributed by atoms with Gasteiger partial charge in [-0.25, -0.2) is 17.9 Å². The molecule has 3 heterocycles. The molecule has 3 aromatic heterocycles. The number of rotatable bonds is 5. The van der Waals surface area contributed by atoms with Gasteiger partial charge in [0.2, 0.25) is 0 Å². The quantitative estimate of drug-likeness (QED) is 0.691. The third kappa shape index (κ3) is 3.98. The molecule has 0 spiro atoms. The lowest BCUT2D eigenvalue weighted by Gasteiger charge is -2.27. The standard InChI is InChI=1S/C17H20F3N5O2S/c18-17(19,20)6-8-28(26,27)9-11-1-3-12(4-2-11)14-15-13-5-7-21-16(13)22-10-25(15)24-23-14/h5,7,10-12,21H,1-4,6,8-9H2. The van der Waals surface area contributed by atoms with Gasteiger partial charge in [-0.15, -0.1) is 5.10 Å². The largest absolute Gasteiger partial charge is 0.390 e. The number of nitrogens with one attached hydrogen (secondary N) is 1. The predicted molar refractivity (Wildman–Crippen MR) is 96.7 cm³/mol. The molecule has 28 heavy (non-hydrogen) atoms. The molecule has 0 bridgehead atoms. The highest BCUT2D eigenvalue weighted by atomic mass is 32.2. The average molecular weight is 415 g/mol. The molecule has 0 aliphatic heterocycles. The summed E-state index contributed by atoms with van der Waals surface area (Å²) in [6, 6.07) is 1.92. The first kappa shape index (κ1) is 19.2. The Morgan fingerprint density at radius 2 is 1.96 bits per heavy atom. The van der Waals surface area contributed by atoms with Crippen LogP contribution in [0.1, 0.15) is 43.7 Å². The molecule has 0 amide bonds. The van der Waals surface area contributed by atoms with Gasteiger partial charge in [0.15, 0.2) is 9.84 Å². The Morgan fingerprint density at radius 1 is 1.21 bits per heavy atom. The van der Waals surface area contributed by atoms with Crippen molar-refractivity contribution in [3.8, 4) is 0 Å². The number of aromatic amines is 1. The molecule has 0 unspecified atom stereocenters. The number of H-pyrrole nitrogens is 1. The third-order valence-electron chi connectivity index (χ3n) is 5.42. The number of hydrogen-bond donors (Lipinski definition) is 1. The first-order valence-corrected chi connectivity index (χ1v) is 11.0. The van der Waals surface area contributed by atoms with Crippen LogP contribution in [-0.2, 0) is 9.84 Å². The van der Waals surface area contributed by atoms with Gasteiger partial charge in [-0.2, -0.15) is 13.2 Å². The van der Waals surface area contributed by atoms with E-state index < -0.39 is 28.2 Å². The average Bonchev–Trinajstić information content (AvgIpc) is 3.26. The van der Waals surface area contributed by atoms with E-state index in [1.54, 1.807) is 17.0 Å². The summed E-state index contributed by atoms with van der Waals surface area (Å²) in [5.41, 5.74) is 2.51. The van der Waals surface area contributed by atoms with Gasteiger partial charge in [0.05, 0.1) is 23.6 Å². The molecule has 11 heteroatoms. The van der Waals surface area contributed by atoms with Crippen molar-refractivity contribution in [3.63, 3.8) is 0 Å². The van der Waals surface area contributed by atoms with Crippen LogP contribution in [0.25, 0.3) is 16.6 Å². The minimum absolute atomic E-state index is 0.106. The van der Waals surface area contributed by atoms with Gasteiger partial charge < -0.3 is 4.98 Å². The van der Waals surface area contributed by atoms with Crippen LogP contribution in [0.3, 0.4) is 0 Å². The van der Waals surface area contributed by atoms with Crippen molar-refractivity contribution in [2.45, 2.75) is 44.2 Å². The number of halogens is 3. The van der Waals surface area contributed by atoms with E-state index in [2.05, 4.69) is 20.3 Å². The molecule has 0 aromatic carbocycles. The molecule has 7 nitrogen and oxygen atoms in total. The van der Waals surface area contributed by atoms with Crippen LogP contribution in [-0.4, -0.2) is 50.9 Å². The van der Waals surface area contributed by atoms with Gasteiger partial charge in [0.25, 0.3) is 0 Å². The fourth-order valence-electron chi connectivity index (χ4n) is 4.01. The van der Waals surface area contributed by atoms with E-state index in [0.717, 1.165) is 35.1 Å². The lowest BCUT2D eigenvalue weighted by Crippen LogP contribution is -2.25. The van der Waals surface area contributed by atoms with Gasteiger partial charge in [0.1, 0.15) is 17.5 Å². The summed E-state index contributed by atoms with van der Waals surface area (Å²) in [5.74, 6) is -0.966. The number of alkyl halides is 3. The first-order valence-electron chi connectivity index (χ1n) is 9.16. The molecule has 4 rings (SSSR count). The third-order valence-corrected chi connectivity index (χ3v) is 7.22. The second kappa shape index (κ2) is 7.02. The van der Waals surface area contributed by atoms with Crippen LogP contribution in [0.5, 0.6) is 0 Å². The number of aromatic nitrogens is 5. The monoisotopic (exact) mass is 415 g/mol. The van der Waals surface area contributed by atoms with E-state index in [4.69, 9.17) is 0 Å². The maximum atomic E-state index is 12.3. The highest BCUT2D eigenvalue weighted by Gasteiger charge is 2.33. The summed E-state index contributed by atoms with van der Waals surface area (Å²) in [5, 5.41) is 9.39. The molecular weight excluding hydrogens is 395 g/mol. The van der Waals surface area contributed by atoms with Gasteiger partial charge >= 0.3 is 6.18 Å². The van der Waals surface area contributed by atoms with E-state index in [0.29, 0.717) is 12.8 Å². The second-order valence-corrected chi connectivity index (χ2v) is 9.68. The molecule has 1 aliphatic rings. The molecule has 3 aromatic rings. The molecule has 1 N–H and O–H groups in total. The summed E-state index contributed by atoms with van der Waals surface area (Å²) in [6.07, 6.45) is 0.452. The van der Waals surface area contributed by atoms with Crippen LogP contribution >= 0.6 is 0 Å². The summed E-state index contributed by atoms with van der Waals surface area (Å²) < 4.78 is 62.6. The Bertz CT molecular complexity index is 1080. The van der Waals surface area contributed by atoms with Gasteiger partial charge in [-0.1, -0.05) is 5.21 Å². The summed E-state index contributed by atoms with van der Waals surface area (Å²) in [7, 11) is -3.71. The van der Waals surface area contributed by atoms with E-state index in [9.17, 15) is 21.6 Å². The first-order chi connectivity index (χ1) is 13.2. The van der Waals surface area contributed by atoms with E-state index in [1.165, 1.54) is 0 Å². The summed E-state index contributed by atoms with van der Waals surface area (Å²) >= 11 is 0. The number of fused-ring (bicyclic) bond motifs is 3. The van der Waals surface area contributed by atoms with Crippen molar-refractivity contribution in [3.05, 3.63) is 24.3 Å². The molecule has 0 saturated heterocycles. The van der Waals surface area contributed by atoms with Crippen LogP contribution in [0.4, 0.5) is 13.2 Å². The zero-order valence-corrected chi connectivity index (χ0v) is 15.8. The van der Waals surface area contributed by atoms with E-state index in [1.807, 2.05) is 6.07 Å². The molecular formula is C17H20F3N5O2S. The molecule has 1 fully saturated rings. The van der Waals surface area contributed by atoms with E-state index in [-0.39, 0.29) is 17.6 Å². The Kier molecular flexibility index (Phi) is 4.80. The van der Waals surface area contributed by atoms with Crippen molar-refractivity contribution in [1.29, 1.82) is 0 Å². The molecule has 0 atom stereocenters. The number of nitrogens with zero attached hydrogens (tertiary/aromatic N) is 4. The topological polar surface area (TPSA) is 93.0 Å². The maximum Gasteiger partial charge on any atom is 0.390 e. The molecule has 0 radical (unpaired) electrons. The molecule has 152 valence electrons. The van der Waals surface area contributed by atoms with Crippen LogP contribution in [0.2, 0.25) is 0 Å². The SMILES string of the molecule is O=S(=O)(CCC(F)(F)F)CC1CCC(c2nnn3cnc4[nH]ccc4c23)CC1. The molecule has 1 aliphatic carbocycles. The Hall–Kier alpha value is -2.17. The zero-order chi connectivity index (χ0) is 19.9. The lowest BCUT2D eigenvalue weighted by atomic mass is 9.81. The Labute approximate surface area is 159 Å². The number of hydrogen-bond acceptors (Lipinski definition) is 5. The Balaban J connectivity index is 1.44. The lowest BCUT2D eigenvalue weighted by molar-refractivity contribution is -0.129. The van der Waals surface area contributed by atoms with E-state index >= 15 is 0 Å². The summed E-state index contributed by atoms with van der Waals surface area (Å²) in [4.78, 5) is 7.33. The fourth-order valence-corrected chi connectivity index (χ4v) is 5.77. The zero-order valence-electron chi connectivity index (χ0n) is 15.0. The maximum absolute atomic E-state index is 12.3. The second-order valence-electron chi connectivity index (χ2n) is 7.45. The highest BCUT2D eigenvalue weighted by Crippen LogP contribution is 2.38. The minimum atomic E-state index is -4.45. The van der Waals surface area contributed by atoms with Crippen molar-refractivity contribution >= 4 is 26.4 Å². The van der Waals surface area contributed by atoms with Crippen LogP contribution in [0.15, 0.2) is 18.6 Å². The van der Waals surface area contributed by atoms with Gasteiger partial charge in [-0.3, -0.25) is 0 Å². The normalized spacial score (nSPS) is 21.5.